The number of aliphatic hydroxyl groups excluding tert-OH is 1. The SMILES string of the molecule is CC(C)(C)CC(CN)CO.Cl. The maximum atomic E-state index is 8.81. The molecule has 0 aliphatic heterocycles. The highest BCUT2D eigenvalue weighted by Gasteiger charge is 2.16. The van der Waals surface area contributed by atoms with Crippen LogP contribution in [0.5, 0.6) is 0 Å². The quantitative estimate of drug-likeness (QED) is 0.692. The average molecular weight is 182 g/mol. The molecule has 0 fully saturated rings. The maximum absolute atomic E-state index is 8.81. The van der Waals surface area contributed by atoms with Crippen molar-refractivity contribution in [2.75, 3.05) is 13.2 Å². The van der Waals surface area contributed by atoms with Crippen molar-refractivity contribution in [2.45, 2.75) is 27.2 Å². The van der Waals surface area contributed by atoms with Crippen LogP contribution in [0.15, 0.2) is 0 Å². The van der Waals surface area contributed by atoms with Gasteiger partial charge >= 0.3 is 0 Å². The smallest absolute Gasteiger partial charge is 0.0471 e. The van der Waals surface area contributed by atoms with Crippen molar-refractivity contribution >= 4 is 12.4 Å². The Hall–Kier alpha value is 0.210. The van der Waals surface area contributed by atoms with Gasteiger partial charge in [-0.2, -0.15) is 0 Å². The van der Waals surface area contributed by atoms with Crippen LogP contribution in [0.1, 0.15) is 27.2 Å². The zero-order valence-corrected chi connectivity index (χ0v) is 8.45. The fraction of sp³-hybridized carbons (Fsp3) is 1.00. The maximum Gasteiger partial charge on any atom is 0.0471 e. The third-order valence-corrected chi connectivity index (χ3v) is 1.49. The van der Waals surface area contributed by atoms with Gasteiger partial charge < -0.3 is 10.8 Å². The van der Waals surface area contributed by atoms with E-state index in [1.807, 2.05) is 0 Å². The summed E-state index contributed by atoms with van der Waals surface area (Å²) in [6.45, 7) is 7.28. The topological polar surface area (TPSA) is 46.2 Å². The first-order valence-corrected chi connectivity index (χ1v) is 3.80. The minimum Gasteiger partial charge on any atom is -0.396 e. The molecule has 0 saturated heterocycles. The van der Waals surface area contributed by atoms with Crippen molar-refractivity contribution < 1.29 is 5.11 Å². The largest absolute Gasteiger partial charge is 0.396 e. The molecule has 11 heavy (non-hydrogen) atoms. The van der Waals surface area contributed by atoms with Gasteiger partial charge in [0.1, 0.15) is 0 Å². The first-order valence-electron chi connectivity index (χ1n) is 3.80. The highest BCUT2D eigenvalue weighted by molar-refractivity contribution is 5.85. The average Bonchev–Trinajstić information content (AvgIpc) is 1.81. The van der Waals surface area contributed by atoms with Crippen LogP contribution in [0.25, 0.3) is 0 Å². The van der Waals surface area contributed by atoms with E-state index in [0.717, 1.165) is 6.42 Å². The molecular weight excluding hydrogens is 162 g/mol. The van der Waals surface area contributed by atoms with Gasteiger partial charge in [0.15, 0.2) is 0 Å². The molecule has 1 unspecified atom stereocenters. The van der Waals surface area contributed by atoms with Gasteiger partial charge in [0.2, 0.25) is 0 Å². The standard InChI is InChI=1S/C8H19NO.ClH/c1-8(2,3)4-7(5-9)6-10;/h7,10H,4-6,9H2,1-3H3;1H. The van der Waals surface area contributed by atoms with Crippen molar-refractivity contribution in [3.63, 3.8) is 0 Å². The lowest BCUT2D eigenvalue weighted by molar-refractivity contribution is 0.183. The number of aliphatic hydroxyl groups is 1. The Kier molecular flexibility index (Phi) is 7.28. The summed E-state index contributed by atoms with van der Waals surface area (Å²) in [5.41, 5.74) is 5.71. The minimum atomic E-state index is 0. The number of hydrogen-bond donors (Lipinski definition) is 2. The van der Waals surface area contributed by atoms with E-state index >= 15 is 0 Å². The predicted octanol–water partition coefficient (Wildman–Crippen LogP) is 1.41. The van der Waals surface area contributed by atoms with Crippen molar-refractivity contribution in [1.82, 2.24) is 0 Å². The zero-order valence-electron chi connectivity index (χ0n) is 7.63. The summed E-state index contributed by atoms with van der Waals surface area (Å²) in [6, 6.07) is 0. The lowest BCUT2D eigenvalue weighted by Gasteiger charge is -2.23. The summed E-state index contributed by atoms with van der Waals surface area (Å²) in [6.07, 6.45) is 1.00. The summed E-state index contributed by atoms with van der Waals surface area (Å²) in [5.74, 6) is 0.278. The van der Waals surface area contributed by atoms with Gasteiger partial charge in [-0.05, 0) is 24.3 Å². The lowest BCUT2D eigenvalue weighted by atomic mass is 9.85. The van der Waals surface area contributed by atoms with Crippen LogP contribution in [0.4, 0.5) is 0 Å². The van der Waals surface area contributed by atoms with E-state index in [2.05, 4.69) is 20.8 Å². The molecule has 1 atom stereocenters. The fourth-order valence-corrected chi connectivity index (χ4v) is 1.09. The molecule has 2 nitrogen and oxygen atoms in total. The van der Waals surface area contributed by atoms with Crippen LogP contribution < -0.4 is 5.73 Å². The Labute approximate surface area is 75.6 Å². The highest BCUT2D eigenvalue weighted by Crippen LogP contribution is 2.23. The first kappa shape index (κ1) is 13.8. The van der Waals surface area contributed by atoms with E-state index in [-0.39, 0.29) is 30.3 Å². The highest BCUT2D eigenvalue weighted by atomic mass is 35.5. The molecule has 0 bridgehead atoms. The van der Waals surface area contributed by atoms with E-state index in [0.29, 0.717) is 6.54 Å². The number of hydrogen-bond acceptors (Lipinski definition) is 2. The molecule has 0 aliphatic carbocycles. The molecule has 0 amide bonds. The Balaban J connectivity index is 0. The molecule has 3 heteroatoms. The van der Waals surface area contributed by atoms with Gasteiger partial charge in [-0.3, -0.25) is 0 Å². The monoisotopic (exact) mass is 181 g/mol. The third kappa shape index (κ3) is 8.11. The summed E-state index contributed by atoms with van der Waals surface area (Å²) in [5, 5.41) is 8.81. The molecule has 0 radical (unpaired) electrons. The Morgan fingerprint density at radius 3 is 1.91 bits per heavy atom. The molecule has 0 aromatic carbocycles. The first-order chi connectivity index (χ1) is 4.49. The number of rotatable bonds is 3. The lowest BCUT2D eigenvalue weighted by Crippen LogP contribution is -2.23. The zero-order chi connectivity index (χ0) is 8.20. The van der Waals surface area contributed by atoms with Gasteiger partial charge in [-0.1, -0.05) is 20.8 Å². The summed E-state index contributed by atoms with van der Waals surface area (Å²) >= 11 is 0. The van der Waals surface area contributed by atoms with Crippen LogP contribution in [0, 0.1) is 11.3 Å². The van der Waals surface area contributed by atoms with E-state index in [1.54, 1.807) is 0 Å². The Morgan fingerprint density at radius 2 is 1.82 bits per heavy atom. The van der Waals surface area contributed by atoms with E-state index in [4.69, 9.17) is 10.8 Å². The molecule has 0 saturated carbocycles. The molecule has 0 spiro atoms. The Morgan fingerprint density at radius 1 is 1.36 bits per heavy atom. The van der Waals surface area contributed by atoms with Crippen LogP contribution in [-0.4, -0.2) is 18.3 Å². The molecule has 0 aromatic rings. The van der Waals surface area contributed by atoms with Gasteiger partial charge in [-0.25, -0.2) is 0 Å². The van der Waals surface area contributed by atoms with Gasteiger partial charge in [0, 0.05) is 6.61 Å². The van der Waals surface area contributed by atoms with Crippen molar-refractivity contribution in [2.24, 2.45) is 17.1 Å². The second-order valence-corrected chi connectivity index (χ2v) is 4.05. The van der Waals surface area contributed by atoms with Crippen LogP contribution in [0.2, 0.25) is 0 Å². The minimum absolute atomic E-state index is 0. The van der Waals surface area contributed by atoms with E-state index in [1.165, 1.54) is 0 Å². The third-order valence-electron chi connectivity index (χ3n) is 1.49. The summed E-state index contributed by atoms with van der Waals surface area (Å²) in [4.78, 5) is 0. The van der Waals surface area contributed by atoms with Crippen LogP contribution in [0.3, 0.4) is 0 Å². The van der Waals surface area contributed by atoms with Gasteiger partial charge in [-0.15, -0.1) is 12.4 Å². The molecular formula is C8H20ClNO. The molecule has 70 valence electrons. The van der Waals surface area contributed by atoms with Crippen LogP contribution in [-0.2, 0) is 0 Å². The fourth-order valence-electron chi connectivity index (χ4n) is 1.09. The van der Waals surface area contributed by atoms with E-state index < -0.39 is 0 Å². The molecule has 0 heterocycles. The van der Waals surface area contributed by atoms with E-state index in [9.17, 15) is 0 Å². The van der Waals surface area contributed by atoms with Gasteiger partial charge in [0.05, 0.1) is 0 Å². The van der Waals surface area contributed by atoms with Gasteiger partial charge in [0.25, 0.3) is 0 Å². The van der Waals surface area contributed by atoms with Crippen molar-refractivity contribution in [3.05, 3.63) is 0 Å². The molecule has 0 aliphatic rings. The normalized spacial score (nSPS) is 13.9. The molecule has 0 aromatic heterocycles. The summed E-state index contributed by atoms with van der Waals surface area (Å²) in [7, 11) is 0. The number of halogens is 1. The predicted molar refractivity (Wildman–Crippen MR) is 51.0 cm³/mol. The molecule has 0 rings (SSSR count). The second kappa shape index (κ2) is 5.81. The van der Waals surface area contributed by atoms with Crippen molar-refractivity contribution in [1.29, 1.82) is 0 Å². The second-order valence-electron chi connectivity index (χ2n) is 4.05. The number of nitrogens with two attached hydrogens (primary N) is 1. The Bertz CT molecular complexity index is 86.6. The summed E-state index contributed by atoms with van der Waals surface area (Å²) < 4.78 is 0. The van der Waals surface area contributed by atoms with Crippen LogP contribution >= 0.6 is 12.4 Å². The van der Waals surface area contributed by atoms with Crippen molar-refractivity contribution in [3.8, 4) is 0 Å². The molecule has 3 N–H and O–H groups in total.